The molecule has 0 radical (unpaired) electrons. The van der Waals surface area contributed by atoms with Crippen LogP contribution in [0.1, 0.15) is 31.4 Å². The number of hydrazone groups is 1. The van der Waals surface area contributed by atoms with Crippen molar-refractivity contribution in [2.75, 3.05) is 7.05 Å². The molecule has 2 unspecified atom stereocenters. The normalized spacial score (nSPS) is 15.1. The van der Waals surface area contributed by atoms with E-state index in [1.54, 1.807) is 59.5 Å². The fourth-order valence-corrected chi connectivity index (χ4v) is 5.28. The molecule has 0 aliphatic heterocycles. The first-order chi connectivity index (χ1) is 13.5. The molecule has 0 bridgehead atoms. The van der Waals surface area contributed by atoms with E-state index in [-0.39, 0.29) is 11.9 Å². The first-order valence-corrected chi connectivity index (χ1v) is 13.3. The highest BCUT2D eigenvalue weighted by atomic mass is 32.4. The summed E-state index contributed by atoms with van der Waals surface area (Å²) in [7, 11) is -2.29. The number of hydrogen-bond acceptors (Lipinski definition) is 5. The average Bonchev–Trinajstić information content (AvgIpc) is 2.67. The van der Waals surface area contributed by atoms with Crippen molar-refractivity contribution in [3.8, 4) is 11.5 Å². The Bertz CT molecular complexity index is 915. The predicted octanol–water partition coefficient (Wildman–Crippen LogP) is 4.13. The molecule has 158 valence electrons. The van der Waals surface area contributed by atoms with E-state index in [4.69, 9.17) is 26.3 Å². The summed E-state index contributed by atoms with van der Waals surface area (Å²) in [5, 5.41) is 13.2. The molecule has 7 nitrogen and oxygen atoms in total. The van der Waals surface area contributed by atoms with Gasteiger partial charge >= 0.3 is 7.60 Å². The number of phenols is 1. The lowest BCUT2D eigenvalue weighted by atomic mass is 10.2. The number of ether oxygens (including phenoxy) is 1. The van der Waals surface area contributed by atoms with E-state index in [2.05, 4.69) is 5.10 Å². The summed E-state index contributed by atoms with van der Waals surface area (Å²) >= 11 is 5.77. The van der Waals surface area contributed by atoms with Gasteiger partial charge in [-0.05, 0) is 60.9 Å². The van der Waals surface area contributed by atoms with Gasteiger partial charge in [0.2, 0.25) is 0 Å². The number of nitrogens with zero attached hydrogens (tertiary/aromatic N) is 2. The van der Waals surface area contributed by atoms with Gasteiger partial charge in [-0.25, -0.2) is 0 Å². The largest absolute Gasteiger partial charge is 0.508 e. The first-order valence-electron chi connectivity index (χ1n) is 8.96. The van der Waals surface area contributed by atoms with Crippen molar-refractivity contribution in [3.05, 3.63) is 59.7 Å². The Hall–Kier alpha value is -1.69. The lowest BCUT2D eigenvalue weighted by Crippen LogP contribution is -2.30. The maximum absolute atomic E-state index is 11.1. The zero-order chi connectivity index (χ0) is 21.7. The van der Waals surface area contributed by atoms with Crippen LogP contribution in [0.15, 0.2) is 53.6 Å². The minimum Gasteiger partial charge on any atom is -0.508 e. The van der Waals surface area contributed by atoms with Crippen LogP contribution in [0.25, 0.3) is 0 Å². The standard InChI is InChI=1S/C19H26N2O5P2S/c1-4-19(2,26-18-11-7-16(8-12-18)14-28(23,24)25)27(29)21(3)20-13-15-5-9-17(22)10-6-15/h5-13,22,27H,4,14H2,1-3H3,(H2,23,24,25)/b20-13+. The minimum atomic E-state index is -4.10. The number of benzene rings is 2. The van der Waals surface area contributed by atoms with Crippen LogP contribution in [0.4, 0.5) is 0 Å². The highest BCUT2D eigenvalue weighted by Crippen LogP contribution is 2.46. The Balaban J connectivity index is 2.09. The van der Waals surface area contributed by atoms with E-state index < -0.39 is 19.8 Å². The quantitative estimate of drug-likeness (QED) is 0.296. The van der Waals surface area contributed by atoms with Gasteiger partial charge in [-0.3, -0.25) is 9.34 Å². The topological polar surface area (TPSA) is 103 Å². The summed E-state index contributed by atoms with van der Waals surface area (Å²) in [6.45, 7) is 2.30. The lowest BCUT2D eigenvalue weighted by Gasteiger charge is -2.34. The molecule has 0 fully saturated rings. The number of rotatable bonds is 9. The van der Waals surface area contributed by atoms with Gasteiger partial charge in [-0.1, -0.05) is 30.9 Å². The van der Waals surface area contributed by atoms with Crippen LogP contribution in [0.5, 0.6) is 11.5 Å². The third-order valence-corrected chi connectivity index (χ3v) is 9.28. The molecule has 3 N–H and O–H groups in total. The third kappa shape index (κ3) is 7.25. The van der Waals surface area contributed by atoms with Gasteiger partial charge in [0.15, 0.2) is 0 Å². The Kier molecular flexibility index (Phi) is 8.03. The van der Waals surface area contributed by atoms with Gasteiger partial charge in [0.1, 0.15) is 16.8 Å². The van der Waals surface area contributed by atoms with E-state index in [1.165, 1.54) is 0 Å². The molecule has 0 heterocycles. The Morgan fingerprint density at radius 3 is 2.31 bits per heavy atom. The Labute approximate surface area is 176 Å². The zero-order valence-corrected chi connectivity index (χ0v) is 19.2. The van der Waals surface area contributed by atoms with Crippen LogP contribution in [-0.4, -0.2) is 38.3 Å². The third-order valence-electron chi connectivity index (χ3n) is 4.35. The highest BCUT2D eigenvalue weighted by molar-refractivity contribution is 8.04. The molecule has 0 saturated heterocycles. The average molecular weight is 456 g/mol. The van der Waals surface area contributed by atoms with Crippen LogP contribution in [0.3, 0.4) is 0 Å². The van der Waals surface area contributed by atoms with Gasteiger partial charge in [0.05, 0.1) is 19.2 Å². The molecule has 2 aromatic rings. The van der Waals surface area contributed by atoms with Crippen LogP contribution >= 0.6 is 14.4 Å². The second-order valence-corrected chi connectivity index (χ2v) is 11.9. The molecule has 0 amide bonds. The fraction of sp³-hybridized carbons (Fsp3) is 0.316. The first kappa shape index (κ1) is 23.6. The molecule has 0 saturated carbocycles. The van der Waals surface area contributed by atoms with Crippen LogP contribution in [0, 0.1) is 0 Å². The Morgan fingerprint density at radius 2 is 1.79 bits per heavy atom. The van der Waals surface area contributed by atoms with Crippen LogP contribution in [0.2, 0.25) is 0 Å². The van der Waals surface area contributed by atoms with Gasteiger partial charge in [0.25, 0.3) is 0 Å². The van der Waals surface area contributed by atoms with E-state index >= 15 is 0 Å². The van der Waals surface area contributed by atoms with E-state index in [0.29, 0.717) is 17.7 Å². The second kappa shape index (κ2) is 9.88. The van der Waals surface area contributed by atoms with Gasteiger partial charge < -0.3 is 19.6 Å². The molecule has 10 heteroatoms. The number of hydrogen-bond donors (Lipinski definition) is 3. The van der Waals surface area contributed by atoms with Crippen molar-refractivity contribution in [1.29, 1.82) is 0 Å². The van der Waals surface area contributed by atoms with E-state index in [0.717, 1.165) is 5.56 Å². The van der Waals surface area contributed by atoms with E-state index in [1.807, 2.05) is 20.9 Å². The molecule has 0 aliphatic rings. The van der Waals surface area contributed by atoms with Crippen molar-refractivity contribution >= 4 is 32.5 Å². The molecule has 2 rings (SSSR count). The van der Waals surface area contributed by atoms with Crippen molar-refractivity contribution in [2.45, 2.75) is 31.8 Å². The summed E-state index contributed by atoms with van der Waals surface area (Å²) in [4.78, 5) is 18.2. The maximum atomic E-state index is 11.1. The number of aromatic hydroxyl groups is 1. The van der Waals surface area contributed by atoms with Gasteiger partial charge in [0, 0.05) is 7.05 Å². The van der Waals surface area contributed by atoms with Gasteiger partial charge in [-0.2, -0.15) is 5.10 Å². The monoisotopic (exact) mass is 456 g/mol. The fourth-order valence-electron chi connectivity index (χ4n) is 2.54. The molecule has 2 atom stereocenters. The SMILES string of the molecule is CCC(C)(Oc1ccc(CP(=O)(O)O)cc1)[PH](=S)N(C)/N=C/c1ccc(O)cc1. The molecule has 0 aliphatic carbocycles. The highest BCUT2D eigenvalue weighted by Gasteiger charge is 2.31. The van der Waals surface area contributed by atoms with Crippen LogP contribution in [-0.2, 0) is 22.5 Å². The molecular weight excluding hydrogens is 430 g/mol. The molecule has 0 aromatic heterocycles. The summed E-state index contributed by atoms with van der Waals surface area (Å²) in [6, 6.07) is 13.4. The predicted molar refractivity (Wildman–Crippen MR) is 121 cm³/mol. The summed E-state index contributed by atoms with van der Waals surface area (Å²) in [5.74, 6) is 0.786. The maximum Gasteiger partial charge on any atom is 0.329 e. The summed E-state index contributed by atoms with van der Waals surface area (Å²) in [5.41, 5.74) is 1.39. The molecular formula is C19H26N2O5P2S. The van der Waals surface area contributed by atoms with Crippen molar-refractivity contribution in [1.82, 2.24) is 4.78 Å². The van der Waals surface area contributed by atoms with Crippen molar-refractivity contribution in [3.63, 3.8) is 0 Å². The summed E-state index contributed by atoms with van der Waals surface area (Å²) in [6.07, 6.45) is 2.06. The van der Waals surface area contributed by atoms with Gasteiger partial charge in [-0.15, -0.1) is 0 Å². The molecule has 29 heavy (non-hydrogen) atoms. The molecule has 0 spiro atoms. The van der Waals surface area contributed by atoms with Crippen LogP contribution < -0.4 is 4.74 Å². The molecule has 2 aromatic carbocycles. The minimum absolute atomic E-state index is 0.197. The number of phenolic OH excluding ortho intramolecular Hbond substituents is 1. The second-order valence-electron chi connectivity index (χ2n) is 6.82. The lowest BCUT2D eigenvalue weighted by molar-refractivity contribution is 0.171. The van der Waals surface area contributed by atoms with Crippen molar-refractivity contribution in [2.24, 2.45) is 5.10 Å². The smallest absolute Gasteiger partial charge is 0.329 e. The Morgan fingerprint density at radius 1 is 1.21 bits per heavy atom. The summed E-state index contributed by atoms with van der Waals surface area (Å²) < 4.78 is 19.1. The van der Waals surface area contributed by atoms with Crippen molar-refractivity contribution < 1.29 is 24.2 Å². The zero-order valence-electron chi connectivity index (χ0n) is 16.5. The van der Waals surface area contributed by atoms with E-state index in [9.17, 15) is 9.67 Å².